The van der Waals surface area contributed by atoms with Crippen LogP contribution in [0.2, 0.25) is 0 Å². The van der Waals surface area contributed by atoms with Crippen LogP contribution in [-0.2, 0) is 37.8 Å². The first-order valence-electron chi connectivity index (χ1n) is 15.1. The Hall–Kier alpha value is -5.03. The van der Waals surface area contributed by atoms with Crippen molar-refractivity contribution < 1.29 is 14.7 Å². The summed E-state index contributed by atoms with van der Waals surface area (Å²) >= 11 is 0. The summed E-state index contributed by atoms with van der Waals surface area (Å²) < 4.78 is 3.53. The van der Waals surface area contributed by atoms with Gasteiger partial charge in [-0.3, -0.25) is 19.3 Å². The van der Waals surface area contributed by atoms with E-state index in [0.717, 1.165) is 12.8 Å². The van der Waals surface area contributed by atoms with Crippen molar-refractivity contribution in [1.82, 2.24) is 19.1 Å². The molecule has 11 nitrogen and oxygen atoms in total. The molecule has 0 bridgehead atoms. The molecule has 1 aromatic carbocycles. The number of pyridine rings is 1. The number of hydrogen-bond acceptors (Lipinski definition) is 7. The Morgan fingerprint density at radius 1 is 1.11 bits per heavy atom. The maximum atomic E-state index is 13.8. The van der Waals surface area contributed by atoms with Crippen molar-refractivity contribution in [3.8, 4) is 11.3 Å². The van der Waals surface area contributed by atoms with Gasteiger partial charge in [-0.25, -0.2) is 9.97 Å². The van der Waals surface area contributed by atoms with E-state index in [-0.39, 0.29) is 35.2 Å². The molecule has 2 amide bonds. The number of benzene rings is 1. The molecule has 4 heterocycles. The van der Waals surface area contributed by atoms with Crippen LogP contribution in [0.15, 0.2) is 66.2 Å². The molecule has 0 radical (unpaired) electrons. The molecule has 0 spiro atoms. The van der Waals surface area contributed by atoms with Crippen molar-refractivity contribution in [2.45, 2.75) is 53.7 Å². The van der Waals surface area contributed by atoms with Gasteiger partial charge in [0.25, 0.3) is 11.5 Å². The molecular weight excluding hydrogens is 570 g/mol. The van der Waals surface area contributed by atoms with E-state index in [2.05, 4.69) is 45.6 Å². The number of aliphatic hydroxyl groups excluding tert-OH is 1. The average Bonchev–Trinajstić information content (AvgIpc) is 3.52. The van der Waals surface area contributed by atoms with E-state index in [1.807, 2.05) is 19.9 Å². The Labute approximate surface area is 262 Å². The number of rotatable bonds is 7. The van der Waals surface area contributed by atoms with Gasteiger partial charge in [0, 0.05) is 60.7 Å². The van der Waals surface area contributed by atoms with Crippen LogP contribution in [-0.4, -0.2) is 42.6 Å². The molecule has 2 aliphatic rings. The zero-order valence-corrected chi connectivity index (χ0v) is 26.3. The third-order valence-electron chi connectivity index (χ3n) is 8.00. The summed E-state index contributed by atoms with van der Waals surface area (Å²) in [6.45, 7) is 12.6. The summed E-state index contributed by atoms with van der Waals surface area (Å²) in [5.41, 5.74) is 5.40. The first kappa shape index (κ1) is 31.4. The van der Waals surface area contributed by atoms with Crippen LogP contribution in [0.4, 0.5) is 23.0 Å². The normalized spacial score (nSPS) is 14.6. The van der Waals surface area contributed by atoms with Crippen LogP contribution in [0.1, 0.15) is 55.0 Å². The first-order valence-corrected chi connectivity index (χ1v) is 15.1. The summed E-state index contributed by atoms with van der Waals surface area (Å²) in [5, 5.41) is 16.3. The minimum absolute atomic E-state index is 0.0544. The van der Waals surface area contributed by atoms with E-state index in [0.29, 0.717) is 52.8 Å². The largest absolute Gasteiger partial charge is 0.392 e. The minimum Gasteiger partial charge on any atom is -0.392 e. The number of aromatic nitrogens is 4. The second-order valence-electron chi connectivity index (χ2n) is 11.7. The van der Waals surface area contributed by atoms with E-state index in [4.69, 9.17) is 0 Å². The second kappa shape index (κ2) is 12.5. The number of hydrogen-bond donors (Lipinski definition) is 3. The van der Waals surface area contributed by atoms with Crippen LogP contribution in [0, 0.1) is 5.41 Å². The Morgan fingerprint density at radius 2 is 1.87 bits per heavy atom. The maximum absolute atomic E-state index is 13.8. The number of nitrogens with one attached hydrogen (secondary N) is 2. The average molecular weight is 610 g/mol. The number of carbonyl (C=O) groups is 2. The highest BCUT2D eigenvalue weighted by Crippen LogP contribution is 2.40. The number of anilines is 4. The van der Waals surface area contributed by atoms with Crippen LogP contribution in [0.25, 0.3) is 11.3 Å². The molecule has 0 unspecified atom stereocenters. The van der Waals surface area contributed by atoms with Gasteiger partial charge in [-0.2, -0.15) is 0 Å². The number of carbonyl (C=O) groups excluding carboxylic acids is 2. The Bertz CT molecular complexity index is 1850. The lowest BCUT2D eigenvalue weighted by Gasteiger charge is -2.30. The predicted molar refractivity (Wildman–Crippen MR) is 176 cm³/mol. The van der Waals surface area contributed by atoms with Gasteiger partial charge >= 0.3 is 0 Å². The molecule has 0 saturated carbocycles. The smallest absolute Gasteiger partial charge is 0.293 e. The molecule has 0 saturated heterocycles. The maximum Gasteiger partial charge on any atom is 0.293 e. The third-order valence-corrected chi connectivity index (χ3v) is 8.00. The minimum atomic E-state index is -0.383. The predicted octanol–water partition coefficient (Wildman–Crippen LogP) is 4.82. The lowest BCUT2D eigenvalue weighted by Crippen LogP contribution is -2.41. The Kier molecular flexibility index (Phi) is 8.74. The van der Waals surface area contributed by atoms with Crippen molar-refractivity contribution in [1.29, 1.82) is 0 Å². The monoisotopic (exact) mass is 609 g/mol. The molecule has 11 heteroatoms. The van der Waals surface area contributed by atoms with Crippen molar-refractivity contribution in [2.24, 2.45) is 12.5 Å². The number of amides is 2. The van der Waals surface area contributed by atoms with E-state index in [1.54, 1.807) is 54.7 Å². The molecule has 1 aliphatic carbocycles. The van der Waals surface area contributed by atoms with Gasteiger partial charge in [0.1, 0.15) is 11.5 Å². The summed E-state index contributed by atoms with van der Waals surface area (Å²) in [6.07, 6.45) is 6.22. The Balaban J connectivity index is 0.00000196. The number of aryl methyl sites for hydroxylation is 1. The van der Waals surface area contributed by atoms with Crippen LogP contribution in [0.5, 0.6) is 0 Å². The van der Waals surface area contributed by atoms with E-state index in [1.165, 1.54) is 21.9 Å². The molecular formula is C34H39N7O4. The molecule has 4 aromatic rings. The number of aliphatic hydroxyl groups is 1. The lowest BCUT2D eigenvalue weighted by molar-refractivity contribution is -0.111. The quantitative estimate of drug-likeness (QED) is 0.256. The summed E-state index contributed by atoms with van der Waals surface area (Å²) in [4.78, 5) is 49.3. The highest BCUT2D eigenvalue weighted by Gasteiger charge is 2.37. The van der Waals surface area contributed by atoms with Crippen molar-refractivity contribution in [3.05, 3.63) is 94.3 Å². The van der Waals surface area contributed by atoms with Gasteiger partial charge in [0.2, 0.25) is 5.91 Å². The summed E-state index contributed by atoms with van der Waals surface area (Å²) in [5.74, 6) is -0.0869. The zero-order chi connectivity index (χ0) is 32.5. The first-order chi connectivity index (χ1) is 21.6. The van der Waals surface area contributed by atoms with Crippen LogP contribution < -0.4 is 21.1 Å². The zero-order valence-electron chi connectivity index (χ0n) is 26.3. The summed E-state index contributed by atoms with van der Waals surface area (Å²) in [7, 11) is 1.61. The molecule has 3 N–H and O–H groups in total. The molecule has 6 rings (SSSR count). The van der Waals surface area contributed by atoms with E-state index in [9.17, 15) is 19.5 Å². The summed E-state index contributed by atoms with van der Waals surface area (Å²) in [6, 6.07) is 10.6. The number of nitrogens with zero attached hydrogens (tertiary/aromatic N) is 5. The fourth-order valence-corrected chi connectivity index (χ4v) is 6.04. The van der Waals surface area contributed by atoms with Crippen LogP contribution >= 0.6 is 0 Å². The van der Waals surface area contributed by atoms with Crippen LogP contribution in [0.3, 0.4) is 0 Å². The van der Waals surface area contributed by atoms with Gasteiger partial charge in [-0.1, -0.05) is 40.3 Å². The van der Waals surface area contributed by atoms with E-state index < -0.39 is 0 Å². The molecule has 0 atom stereocenters. The fraction of sp³-hybridized carbons (Fsp3) is 0.324. The molecule has 3 aromatic heterocycles. The van der Waals surface area contributed by atoms with Gasteiger partial charge < -0.3 is 24.9 Å². The van der Waals surface area contributed by atoms with E-state index >= 15 is 0 Å². The fourth-order valence-electron chi connectivity index (χ4n) is 6.04. The highest BCUT2D eigenvalue weighted by atomic mass is 16.3. The molecule has 234 valence electrons. The molecule has 0 fully saturated rings. The van der Waals surface area contributed by atoms with Gasteiger partial charge in [0.15, 0.2) is 5.82 Å². The molecule has 1 aliphatic heterocycles. The highest BCUT2D eigenvalue weighted by molar-refractivity contribution is 6.06. The van der Waals surface area contributed by atoms with Crippen molar-refractivity contribution in [3.63, 3.8) is 0 Å². The Morgan fingerprint density at radius 3 is 2.60 bits per heavy atom. The van der Waals surface area contributed by atoms with Crippen molar-refractivity contribution in [2.75, 3.05) is 22.1 Å². The topological polar surface area (TPSA) is 134 Å². The van der Waals surface area contributed by atoms with Gasteiger partial charge in [-0.05, 0) is 60.2 Å². The van der Waals surface area contributed by atoms with Gasteiger partial charge in [0.05, 0.1) is 12.3 Å². The molecule has 45 heavy (non-hydrogen) atoms. The number of fused-ring (bicyclic) bond motifs is 3. The van der Waals surface area contributed by atoms with Crippen molar-refractivity contribution >= 4 is 34.8 Å². The van der Waals surface area contributed by atoms with Gasteiger partial charge in [-0.15, -0.1) is 0 Å². The third kappa shape index (κ3) is 6.03. The SMILES string of the molecule is C=CC(=O)Nc1cccc(Nc2nc(-c3ccnc(N4CCn5c(cc6c5CC(C)(C)C6)C4=O)c3CO)cn(C)c2=O)c1.CC. The second-order valence-corrected chi connectivity index (χ2v) is 11.7. The standard InChI is InChI=1S/C32H33N7O4.C2H6/c1-5-27(41)34-20-7-6-8-21(14-20)35-28-31(43)37(4)17-24(36-28)22-9-10-33-29(23(22)18-40)39-12-11-38-25(30(39)42)13-19-15-32(2,3)16-26(19)38;1-2/h5-10,13-14,17,40H,1,11-12,15-16,18H2,2-4H3,(H,34,41)(H,35,36);1-2H3. The lowest BCUT2D eigenvalue weighted by atomic mass is 9.90.